The van der Waals surface area contributed by atoms with E-state index in [0.29, 0.717) is 6.42 Å². The molecule has 17 heavy (non-hydrogen) atoms. The van der Waals surface area contributed by atoms with Gasteiger partial charge in [0.1, 0.15) is 5.78 Å². The minimum absolute atomic E-state index is 0.0209. The first kappa shape index (κ1) is 14.2. The van der Waals surface area contributed by atoms with Crippen LogP contribution in [0.15, 0.2) is 24.3 Å². The van der Waals surface area contributed by atoms with E-state index in [4.69, 9.17) is 4.74 Å². The molecule has 0 unspecified atom stereocenters. The van der Waals surface area contributed by atoms with Gasteiger partial charge in [-0.15, -0.1) is 6.58 Å². The molecule has 1 rings (SSSR count). The Bertz CT molecular complexity index is 326. The molecule has 0 N–H and O–H groups in total. The van der Waals surface area contributed by atoms with Crippen molar-refractivity contribution >= 4 is 5.78 Å². The van der Waals surface area contributed by atoms with Gasteiger partial charge in [0.15, 0.2) is 0 Å². The summed E-state index contributed by atoms with van der Waals surface area (Å²) in [5.74, 6) is 0.247. The normalized spacial score (nSPS) is 29.8. The Morgan fingerprint density at radius 2 is 2.24 bits per heavy atom. The number of carbonyl (C=O) groups is 1. The van der Waals surface area contributed by atoms with Gasteiger partial charge in [-0.05, 0) is 33.6 Å². The number of hydrogen-bond acceptors (Lipinski definition) is 2. The van der Waals surface area contributed by atoms with Crippen molar-refractivity contribution < 1.29 is 9.53 Å². The van der Waals surface area contributed by atoms with Gasteiger partial charge < -0.3 is 4.74 Å². The molecule has 0 spiro atoms. The van der Waals surface area contributed by atoms with E-state index in [1.165, 1.54) is 5.57 Å². The highest BCUT2D eigenvalue weighted by atomic mass is 16.5. The zero-order valence-corrected chi connectivity index (χ0v) is 11.5. The maximum Gasteiger partial charge on any atom is 0.142 e. The van der Waals surface area contributed by atoms with Gasteiger partial charge in [0.25, 0.3) is 0 Å². The molecule has 1 aliphatic heterocycles. The lowest BCUT2D eigenvalue weighted by Crippen LogP contribution is -2.29. The van der Waals surface area contributed by atoms with Crippen molar-refractivity contribution in [1.82, 2.24) is 0 Å². The first-order chi connectivity index (χ1) is 7.88. The number of ketones is 1. The van der Waals surface area contributed by atoms with Crippen molar-refractivity contribution in [2.45, 2.75) is 58.7 Å². The highest BCUT2D eigenvalue weighted by molar-refractivity contribution is 5.82. The molecule has 0 radical (unpaired) electrons. The lowest BCUT2D eigenvalue weighted by molar-refractivity contribution is -0.127. The molecule has 3 atom stereocenters. The van der Waals surface area contributed by atoms with Crippen LogP contribution in [0, 0.1) is 5.92 Å². The van der Waals surface area contributed by atoms with Gasteiger partial charge in [-0.1, -0.05) is 24.6 Å². The smallest absolute Gasteiger partial charge is 0.142 e. The predicted octanol–water partition coefficient (Wildman–Crippen LogP) is 3.67. The average Bonchev–Trinajstić information content (AvgIpc) is 2.68. The Morgan fingerprint density at radius 3 is 2.71 bits per heavy atom. The van der Waals surface area contributed by atoms with Crippen molar-refractivity contribution in [3.63, 3.8) is 0 Å². The van der Waals surface area contributed by atoms with Crippen LogP contribution >= 0.6 is 0 Å². The number of ether oxygens (including phenoxy) is 1. The summed E-state index contributed by atoms with van der Waals surface area (Å²) in [5, 5.41) is 0. The van der Waals surface area contributed by atoms with Gasteiger partial charge in [-0.25, -0.2) is 0 Å². The summed E-state index contributed by atoms with van der Waals surface area (Å²) >= 11 is 0. The molecule has 0 bridgehead atoms. The van der Waals surface area contributed by atoms with E-state index in [0.717, 1.165) is 12.8 Å². The van der Waals surface area contributed by atoms with Gasteiger partial charge in [-0.2, -0.15) is 0 Å². The quantitative estimate of drug-likeness (QED) is 0.681. The highest BCUT2D eigenvalue weighted by Crippen LogP contribution is 2.34. The van der Waals surface area contributed by atoms with Gasteiger partial charge in [0.05, 0.1) is 11.7 Å². The summed E-state index contributed by atoms with van der Waals surface area (Å²) in [6.45, 7) is 11.8. The van der Waals surface area contributed by atoms with Gasteiger partial charge in [-0.3, -0.25) is 4.79 Å². The van der Waals surface area contributed by atoms with Crippen molar-refractivity contribution in [3.05, 3.63) is 24.3 Å². The van der Waals surface area contributed by atoms with E-state index >= 15 is 0 Å². The monoisotopic (exact) mass is 236 g/mol. The van der Waals surface area contributed by atoms with E-state index in [-0.39, 0.29) is 23.4 Å². The Morgan fingerprint density at radius 1 is 1.59 bits per heavy atom. The Hall–Kier alpha value is -0.890. The topological polar surface area (TPSA) is 26.3 Å². The molecule has 1 fully saturated rings. The molecule has 0 amide bonds. The van der Waals surface area contributed by atoms with Crippen LogP contribution in [0.1, 0.15) is 47.0 Å². The summed E-state index contributed by atoms with van der Waals surface area (Å²) < 4.78 is 5.93. The lowest BCUT2D eigenvalue weighted by Gasteiger charge is -2.23. The number of Topliss-reactive ketones (excluding diaryl/α,β-unsaturated/α-hetero) is 1. The van der Waals surface area contributed by atoms with Crippen molar-refractivity contribution in [1.29, 1.82) is 0 Å². The van der Waals surface area contributed by atoms with E-state index < -0.39 is 0 Å². The first-order valence-corrected chi connectivity index (χ1v) is 6.35. The molecule has 0 aromatic carbocycles. The molecule has 0 aromatic heterocycles. The number of carbonyl (C=O) groups excluding carboxylic acids is 1. The molecule has 0 saturated carbocycles. The second-order valence-corrected chi connectivity index (χ2v) is 5.45. The predicted molar refractivity (Wildman–Crippen MR) is 70.9 cm³/mol. The molecule has 0 aromatic rings. The van der Waals surface area contributed by atoms with E-state index in [1.807, 2.05) is 39.8 Å². The standard InChI is InChI=1S/C15H24O2/c1-6-15(5)10-9-14(17-15)12(4)13(16)8-7-11(2)3/h6-7,12,14H,1,8-10H2,2-5H3/t12-,14+,15-/m1/s1. The third-order valence-electron chi connectivity index (χ3n) is 3.55. The second kappa shape index (κ2) is 5.63. The summed E-state index contributed by atoms with van der Waals surface area (Å²) in [6.07, 6.45) is 6.32. The maximum absolute atomic E-state index is 12.0. The van der Waals surface area contributed by atoms with E-state index in [9.17, 15) is 4.79 Å². The Balaban J connectivity index is 2.54. The molecule has 2 nitrogen and oxygen atoms in total. The molecule has 1 saturated heterocycles. The zero-order valence-electron chi connectivity index (χ0n) is 11.5. The highest BCUT2D eigenvalue weighted by Gasteiger charge is 2.37. The van der Waals surface area contributed by atoms with E-state index in [2.05, 4.69) is 6.58 Å². The average molecular weight is 236 g/mol. The Kier molecular flexibility index (Phi) is 4.70. The summed E-state index contributed by atoms with van der Waals surface area (Å²) in [6, 6.07) is 0. The third kappa shape index (κ3) is 3.81. The fourth-order valence-corrected chi connectivity index (χ4v) is 2.09. The zero-order chi connectivity index (χ0) is 13.1. The summed E-state index contributed by atoms with van der Waals surface area (Å²) in [5.41, 5.74) is 0.948. The third-order valence-corrected chi connectivity index (χ3v) is 3.55. The van der Waals surface area contributed by atoms with Crippen LogP contribution in [0.25, 0.3) is 0 Å². The minimum atomic E-state index is -0.240. The molecule has 2 heteroatoms. The molecule has 1 aliphatic rings. The van der Waals surface area contributed by atoms with Crippen molar-refractivity contribution in [2.75, 3.05) is 0 Å². The largest absolute Gasteiger partial charge is 0.367 e. The van der Waals surface area contributed by atoms with Crippen molar-refractivity contribution in [2.24, 2.45) is 5.92 Å². The first-order valence-electron chi connectivity index (χ1n) is 6.35. The van der Waals surface area contributed by atoms with Crippen molar-refractivity contribution in [3.8, 4) is 0 Å². The van der Waals surface area contributed by atoms with Crippen LogP contribution in [-0.4, -0.2) is 17.5 Å². The van der Waals surface area contributed by atoms with Crippen LogP contribution in [0.4, 0.5) is 0 Å². The fourth-order valence-electron chi connectivity index (χ4n) is 2.09. The van der Waals surface area contributed by atoms with Gasteiger partial charge in [0, 0.05) is 12.3 Å². The second-order valence-electron chi connectivity index (χ2n) is 5.45. The summed E-state index contributed by atoms with van der Waals surface area (Å²) in [4.78, 5) is 12.0. The molecule has 1 heterocycles. The molecule has 0 aliphatic carbocycles. The minimum Gasteiger partial charge on any atom is -0.367 e. The lowest BCUT2D eigenvalue weighted by atomic mass is 9.94. The number of allylic oxidation sites excluding steroid dienone is 2. The SMILES string of the molecule is C=C[C@]1(C)CC[C@@H]([C@H](C)C(=O)CC=C(C)C)O1. The Labute approximate surface area is 105 Å². The van der Waals surface area contributed by atoms with Crippen LogP contribution in [0.5, 0.6) is 0 Å². The van der Waals surface area contributed by atoms with Crippen LogP contribution in [0.3, 0.4) is 0 Å². The summed E-state index contributed by atoms with van der Waals surface area (Å²) in [7, 11) is 0. The van der Waals surface area contributed by atoms with Crippen LogP contribution in [-0.2, 0) is 9.53 Å². The van der Waals surface area contributed by atoms with Gasteiger partial charge >= 0.3 is 0 Å². The maximum atomic E-state index is 12.0. The molecular formula is C15H24O2. The van der Waals surface area contributed by atoms with Gasteiger partial charge in [0.2, 0.25) is 0 Å². The van der Waals surface area contributed by atoms with Crippen LogP contribution < -0.4 is 0 Å². The fraction of sp³-hybridized carbons (Fsp3) is 0.667. The number of rotatable bonds is 5. The van der Waals surface area contributed by atoms with E-state index in [1.54, 1.807) is 0 Å². The van der Waals surface area contributed by atoms with Crippen LogP contribution in [0.2, 0.25) is 0 Å². The molecular weight excluding hydrogens is 212 g/mol. The molecule has 96 valence electrons. The number of hydrogen-bond donors (Lipinski definition) is 0.